The molecule has 0 spiro atoms. The standard InChI is InChI=1S/C16H19N3O4/c1-9-15(23-11-7-14(17-8-11)16(20)22-3)19-13-6-10(21-2)4-5-12(13)18-9/h4-6,11,14,17H,7-8H2,1-3H3/t11-,14+/m1/s1. The van der Waals surface area contributed by atoms with Crippen LogP contribution < -0.4 is 14.8 Å². The first-order valence-electron chi connectivity index (χ1n) is 7.41. The number of hydrogen-bond acceptors (Lipinski definition) is 7. The van der Waals surface area contributed by atoms with E-state index < -0.39 is 0 Å². The highest BCUT2D eigenvalue weighted by Gasteiger charge is 2.32. The highest BCUT2D eigenvalue weighted by Crippen LogP contribution is 2.24. The molecule has 0 radical (unpaired) electrons. The van der Waals surface area contributed by atoms with Gasteiger partial charge >= 0.3 is 5.97 Å². The van der Waals surface area contributed by atoms with Crippen LogP contribution in [0.4, 0.5) is 0 Å². The van der Waals surface area contributed by atoms with E-state index in [1.807, 2.05) is 25.1 Å². The number of fused-ring (bicyclic) bond motifs is 1. The number of nitrogens with one attached hydrogen (secondary N) is 1. The number of rotatable bonds is 4. The van der Waals surface area contributed by atoms with Crippen molar-refractivity contribution < 1.29 is 19.0 Å². The number of methoxy groups -OCH3 is 2. The molecule has 1 aromatic carbocycles. The Hall–Kier alpha value is -2.41. The molecule has 0 aliphatic carbocycles. The molecule has 1 aromatic heterocycles. The number of aromatic nitrogens is 2. The Morgan fingerprint density at radius 3 is 2.83 bits per heavy atom. The predicted molar refractivity (Wildman–Crippen MR) is 83.7 cm³/mol. The van der Waals surface area contributed by atoms with Crippen LogP contribution in [0.15, 0.2) is 18.2 Å². The molecule has 7 heteroatoms. The van der Waals surface area contributed by atoms with E-state index in [-0.39, 0.29) is 18.1 Å². The largest absolute Gasteiger partial charge is 0.497 e. The number of nitrogens with zero attached hydrogens (tertiary/aromatic N) is 2. The molecule has 2 heterocycles. The molecule has 0 bridgehead atoms. The number of carbonyl (C=O) groups excluding carboxylic acids is 1. The molecular formula is C16H19N3O4. The van der Waals surface area contributed by atoms with Gasteiger partial charge in [0.05, 0.1) is 25.3 Å². The first kappa shape index (κ1) is 15.5. The average Bonchev–Trinajstić information content (AvgIpc) is 3.03. The van der Waals surface area contributed by atoms with Crippen LogP contribution >= 0.6 is 0 Å². The van der Waals surface area contributed by atoms with Crippen molar-refractivity contribution in [1.29, 1.82) is 0 Å². The van der Waals surface area contributed by atoms with Crippen molar-refractivity contribution in [3.05, 3.63) is 23.9 Å². The van der Waals surface area contributed by atoms with E-state index in [1.54, 1.807) is 7.11 Å². The predicted octanol–water partition coefficient (Wildman–Crippen LogP) is 1.23. The molecule has 2 aromatic rings. The summed E-state index contributed by atoms with van der Waals surface area (Å²) in [7, 11) is 2.99. The van der Waals surface area contributed by atoms with Gasteiger partial charge in [-0.2, -0.15) is 0 Å². The summed E-state index contributed by atoms with van der Waals surface area (Å²) in [5, 5.41) is 3.08. The van der Waals surface area contributed by atoms with Gasteiger partial charge in [-0.3, -0.25) is 4.79 Å². The second kappa shape index (κ2) is 6.37. The summed E-state index contributed by atoms with van der Waals surface area (Å²) in [5.41, 5.74) is 2.21. The highest BCUT2D eigenvalue weighted by molar-refractivity contribution is 5.77. The zero-order chi connectivity index (χ0) is 16.4. The Kier molecular flexibility index (Phi) is 4.29. The summed E-state index contributed by atoms with van der Waals surface area (Å²) in [6.45, 7) is 2.42. The normalized spacial score (nSPS) is 20.5. The van der Waals surface area contributed by atoms with Gasteiger partial charge in [-0.1, -0.05) is 0 Å². The Morgan fingerprint density at radius 1 is 1.26 bits per heavy atom. The lowest BCUT2D eigenvalue weighted by atomic mass is 10.2. The van der Waals surface area contributed by atoms with Crippen LogP contribution in [-0.4, -0.2) is 48.8 Å². The van der Waals surface area contributed by atoms with E-state index in [2.05, 4.69) is 15.3 Å². The number of ether oxygens (including phenoxy) is 3. The van der Waals surface area contributed by atoms with Crippen molar-refractivity contribution in [3.8, 4) is 11.6 Å². The van der Waals surface area contributed by atoms with Crippen molar-refractivity contribution in [2.45, 2.75) is 25.5 Å². The first-order valence-corrected chi connectivity index (χ1v) is 7.41. The van der Waals surface area contributed by atoms with Crippen molar-refractivity contribution in [2.75, 3.05) is 20.8 Å². The third kappa shape index (κ3) is 3.19. The van der Waals surface area contributed by atoms with Crippen LogP contribution in [0.3, 0.4) is 0 Å². The smallest absolute Gasteiger partial charge is 0.323 e. The van der Waals surface area contributed by atoms with Crippen LogP contribution in [0, 0.1) is 6.92 Å². The molecule has 23 heavy (non-hydrogen) atoms. The quantitative estimate of drug-likeness (QED) is 0.849. The number of benzene rings is 1. The van der Waals surface area contributed by atoms with Gasteiger partial charge in [-0.25, -0.2) is 9.97 Å². The molecule has 3 rings (SSSR count). The molecule has 7 nitrogen and oxygen atoms in total. The van der Waals surface area contributed by atoms with E-state index in [4.69, 9.17) is 14.2 Å². The minimum Gasteiger partial charge on any atom is -0.497 e. The molecule has 122 valence electrons. The van der Waals surface area contributed by atoms with Gasteiger partial charge in [0, 0.05) is 19.0 Å². The Balaban J connectivity index is 1.80. The van der Waals surface area contributed by atoms with Gasteiger partial charge < -0.3 is 19.5 Å². The molecular weight excluding hydrogens is 298 g/mol. The topological polar surface area (TPSA) is 82.6 Å². The Bertz CT molecular complexity index is 735. The van der Waals surface area contributed by atoms with Gasteiger partial charge in [-0.05, 0) is 19.1 Å². The zero-order valence-corrected chi connectivity index (χ0v) is 13.3. The molecule has 0 amide bonds. The molecule has 0 unspecified atom stereocenters. The van der Waals surface area contributed by atoms with Gasteiger partial charge in [0.1, 0.15) is 23.6 Å². The monoisotopic (exact) mass is 317 g/mol. The lowest BCUT2D eigenvalue weighted by Crippen LogP contribution is -2.31. The highest BCUT2D eigenvalue weighted by atomic mass is 16.5. The second-order valence-corrected chi connectivity index (χ2v) is 5.43. The lowest BCUT2D eigenvalue weighted by Gasteiger charge is -2.14. The van der Waals surface area contributed by atoms with Crippen molar-refractivity contribution in [2.24, 2.45) is 0 Å². The summed E-state index contributed by atoms with van der Waals surface area (Å²) < 4.78 is 15.9. The average molecular weight is 317 g/mol. The van der Waals surface area contributed by atoms with Crippen molar-refractivity contribution in [3.63, 3.8) is 0 Å². The zero-order valence-electron chi connectivity index (χ0n) is 13.3. The maximum atomic E-state index is 11.5. The number of hydrogen-bond donors (Lipinski definition) is 1. The van der Waals surface area contributed by atoms with Gasteiger partial charge in [-0.15, -0.1) is 0 Å². The van der Waals surface area contributed by atoms with Gasteiger partial charge in [0.2, 0.25) is 5.88 Å². The van der Waals surface area contributed by atoms with E-state index in [0.29, 0.717) is 30.1 Å². The van der Waals surface area contributed by atoms with Gasteiger partial charge in [0.15, 0.2) is 0 Å². The number of aryl methyl sites for hydroxylation is 1. The fraction of sp³-hybridized carbons (Fsp3) is 0.438. The van der Waals surface area contributed by atoms with E-state index in [9.17, 15) is 4.79 Å². The summed E-state index contributed by atoms with van der Waals surface area (Å²) in [6.07, 6.45) is 0.402. The minimum atomic E-state index is -0.334. The molecule has 1 N–H and O–H groups in total. The number of esters is 1. The molecule has 1 saturated heterocycles. The second-order valence-electron chi connectivity index (χ2n) is 5.43. The molecule has 1 aliphatic rings. The van der Waals surface area contributed by atoms with Crippen molar-refractivity contribution >= 4 is 17.0 Å². The maximum absolute atomic E-state index is 11.5. The summed E-state index contributed by atoms with van der Waals surface area (Å²) >= 11 is 0. The third-order valence-electron chi connectivity index (χ3n) is 3.86. The molecule has 1 aliphatic heterocycles. The fourth-order valence-electron chi connectivity index (χ4n) is 2.62. The van der Waals surface area contributed by atoms with Crippen molar-refractivity contribution in [1.82, 2.24) is 15.3 Å². The van der Waals surface area contributed by atoms with Gasteiger partial charge in [0.25, 0.3) is 0 Å². The van der Waals surface area contributed by atoms with E-state index in [0.717, 1.165) is 11.3 Å². The number of carbonyl (C=O) groups is 1. The van der Waals surface area contributed by atoms with Crippen LogP contribution in [0.5, 0.6) is 11.6 Å². The SMILES string of the molecule is COC(=O)[C@@H]1C[C@@H](Oc2nc3cc(OC)ccc3nc2C)CN1. The van der Waals surface area contributed by atoms with Crippen LogP contribution in [0.25, 0.3) is 11.0 Å². The third-order valence-corrected chi connectivity index (χ3v) is 3.86. The van der Waals surface area contributed by atoms with Crippen LogP contribution in [0.2, 0.25) is 0 Å². The molecule has 2 atom stereocenters. The van der Waals surface area contributed by atoms with E-state index in [1.165, 1.54) is 7.11 Å². The maximum Gasteiger partial charge on any atom is 0.323 e. The Morgan fingerprint density at radius 2 is 2.09 bits per heavy atom. The summed E-state index contributed by atoms with van der Waals surface area (Å²) in [6, 6.07) is 5.19. The van der Waals surface area contributed by atoms with Crippen LogP contribution in [0.1, 0.15) is 12.1 Å². The first-order chi connectivity index (χ1) is 11.1. The summed E-state index contributed by atoms with van der Waals surface area (Å²) in [4.78, 5) is 20.6. The minimum absolute atomic E-state index is 0.143. The molecule has 1 fully saturated rings. The lowest BCUT2D eigenvalue weighted by molar-refractivity contribution is -0.142. The fourth-order valence-corrected chi connectivity index (χ4v) is 2.62. The Labute approximate surface area is 134 Å². The molecule has 0 saturated carbocycles. The van der Waals surface area contributed by atoms with E-state index >= 15 is 0 Å². The summed E-state index contributed by atoms with van der Waals surface area (Å²) in [5.74, 6) is 0.917. The van der Waals surface area contributed by atoms with Crippen LogP contribution in [-0.2, 0) is 9.53 Å².